The Bertz CT molecular complexity index is 2050. The third-order valence-corrected chi connectivity index (χ3v) is 19.9. The smallest absolute Gasteiger partial charge is 0.126 e. The van der Waals surface area contributed by atoms with Crippen LogP contribution in [-0.2, 0) is 12.3 Å². The molecule has 0 radical (unpaired) electrons. The summed E-state index contributed by atoms with van der Waals surface area (Å²) in [5.41, 5.74) is 2.36. The highest BCUT2D eigenvalue weighted by molar-refractivity contribution is 7.95. The van der Waals surface area contributed by atoms with Crippen LogP contribution < -0.4 is 75.3 Å². The van der Waals surface area contributed by atoms with Crippen molar-refractivity contribution >= 4 is 46.4 Å². The Labute approximate surface area is 381 Å². The number of ether oxygens (including phenoxy) is 2. The zero-order valence-corrected chi connectivity index (χ0v) is 39.8. The van der Waals surface area contributed by atoms with Crippen LogP contribution in [0.1, 0.15) is 56.6 Å². The highest BCUT2D eigenvalue weighted by atomic mass is 79.9. The fourth-order valence-corrected chi connectivity index (χ4v) is 16.8. The number of hydrogen-bond acceptors (Lipinski definition) is 2. The highest BCUT2D eigenvalue weighted by Crippen LogP contribution is 2.61. The van der Waals surface area contributed by atoms with Gasteiger partial charge in [0.1, 0.15) is 70.2 Å². The molecule has 0 fully saturated rings. The molecule has 0 bridgehead atoms. The summed E-state index contributed by atoms with van der Waals surface area (Å²) in [4.78, 5) is 0. The van der Waals surface area contributed by atoms with Gasteiger partial charge >= 0.3 is 0 Å². The van der Waals surface area contributed by atoms with Gasteiger partial charge in [-0.15, -0.1) is 0 Å². The van der Waals surface area contributed by atoms with E-state index in [0.29, 0.717) is 6.61 Å². The van der Waals surface area contributed by atoms with Gasteiger partial charge in [0, 0.05) is 11.1 Å². The van der Waals surface area contributed by atoms with Gasteiger partial charge < -0.3 is 48.9 Å². The molecule has 0 heterocycles. The van der Waals surface area contributed by atoms with Crippen molar-refractivity contribution in [3.8, 4) is 11.5 Å². The standard InChI is InChI=1S/C53H56O2P2.2BrH.H2O/c1-3-4-5-6-7-26-39-55-53-41-44(42-56(46-27-14-8-15-28-46,47-29-16-9-17-30-47)48-31-18-10-19-32-48)52(54-2)40-45(53)43-57(49-33-20-11-21-34-49,50-35-22-12-23-36-50)51-37-24-13-25-38-51;;;/h8-25,27-38,40-41H,3-7,26,39,42-43H2,1-2H3;2*1H;1H2/q+2;;;/p-2. The maximum absolute atomic E-state index is 7.04. The summed E-state index contributed by atoms with van der Waals surface area (Å²) in [5.74, 6) is 1.88. The van der Waals surface area contributed by atoms with Crippen LogP contribution in [0.5, 0.6) is 11.5 Å². The fraction of sp³-hybridized carbons (Fsp3) is 0.208. The van der Waals surface area contributed by atoms with Crippen LogP contribution in [0.2, 0.25) is 0 Å². The minimum Gasteiger partial charge on any atom is -1.00 e. The summed E-state index contributed by atoms with van der Waals surface area (Å²) in [6.45, 7) is 2.97. The molecule has 7 heteroatoms. The molecular weight excluding hydrogens is 906 g/mol. The summed E-state index contributed by atoms with van der Waals surface area (Å²) >= 11 is 0. The van der Waals surface area contributed by atoms with Crippen molar-refractivity contribution in [1.82, 2.24) is 0 Å². The Balaban J connectivity index is 0.00000265. The first-order valence-corrected chi connectivity index (χ1v) is 24.6. The lowest BCUT2D eigenvalue weighted by molar-refractivity contribution is -0.00100. The predicted molar refractivity (Wildman–Crippen MR) is 253 cm³/mol. The molecule has 0 atom stereocenters. The van der Waals surface area contributed by atoms with Gasteiger partial charge in [-0.25, -0.2) is 0 Å². The topological polar surface area (TPSA) is 50.0 Å². The highest BCUT2D eigenvalue weighted by Gasteiger charge is 2.48. The second-order valence-electron chi connectivity index (χ2n) is 14.8. The maximum atomic E-state index is 7.04. The van der Waals surface area contributed by atoms with Gasteiger partial charge in [-0.3, -0.25) is 0 Å². The molecule has 0 aliphatic heterocycles. The third-order valence-electron chi connectivity index (χ3n) is 11.2. The van der Waals surface area contributed by atoms with Gasteiger partial charge in [-0.05, 0) is 91.3 Å². The van der Waals surface area contributed by atoms with E-state index in [1.54, 1.807) is 0 Å². The van der Waals surface area contributed by atoms with Crippen LogP contribution in [0.15, 0.2) is 194 Å². The van der Waals surface area contributed by atoms with Gasteiger partial charge in [-0.1, -0.05) is 148 Å². The first-order valence-electron chi connectivity index (χ1n) is 20.6. The van der Waals surface area contributed by atoms with Crippen LogP contribution >= 0.6 is 14.5 Å². The van der Waals surface area contributed by atoms with Crippen molar-refractivity contribution in [1.29, 1.82) is 0 Å². The van der Waals surface area contributed by atoms with Crippen molar-refractivity contribution in [3.05, 3.63) is 205 Å². The summed E-state index contributed by atoms with van der Waals surface area (Å²) in [6, 6.07) is 71.6. The summed E-state index contributed by atoms with van der Waals surface area (Å²) in [6.07, 6.45) is 8.92. The zero-order valence-electron chi connectivity index (χ0n) is 34.8. The van der Waals surface area contributed by atoms with Crippen molar-refractivity contribution in [2.24, 2.45) is 0 Å². The second kappa shape index (κ2) is 24.4. The van der Waals surface area contributed by atoms with E-state index in [-0.39, 0.29) is 39.4 Å². The molecule has 312 valence electrons. The van der Waals surface area contributed by atoms with E-state index in [4.69, 9.17) is 9.47 Å². The van der Waals surface area contributed by atoms with E-state index in [2.05, 4.69) is 201 Å². The van der Waals surface area contributed by atoms with Crippen LogP contribution in [0.3, 0.4) is 0 Å². The fourth-order valence-electron chi connectivity index (χ4n) is 8.33. The lowest BCUT2D eigenvalue weighted by atomic mass is 10.1. The average molecular weight is 965 g/mol. The number of benzene rings is 7. The number of hydrogen-bond donors (Lipinski definition) is 0. The molecule has 2 N–H and O–H groups in total. The minimum atomic E-state index is -2.22. The average Bonchev–Trinajstić information content (AvgIpc) is 3.29. The van der Waals surface area contributed by atoms with Crippen molar-refractivity contribution in [2.75, 3.05) is 13.7 Å². The SMILES string of the molecule is CCCCCCCCOc1cc(C[P+](c2ccccc2)(c2ccccc2)c2ccccc2)c(OC)cc1C[P+](c1ccccc1)(c1ccccc1)c1ccccc1.O.[Br-].[Br-]. The van der Waals surface area contributed by atoms with Gasteiger partial charge in [0.2, 0.25) is 0 Å². The normalized spacial score (nSPS) is 11.0. The lowest BCUT2D eigenvalue weighted by Crippen LogP contribution is -3.00. The van der Waals surface area contributed by atoms with Crippen LogP contribution in [0.4, 0.5) is 0 Å². The molecule has 3 nitrogen and oxygen atoms in total. The van der Waals surface area contributed by atoms with Gasteiger partial charge in [0.05, 0.1) is 13.7 Å². The second-order valence-corrected chi connectivity index (χ2v) is 21.8. The third kappa shape index (κ3) is 11.0. The van der Waals surface area contributed by atoms with Crippen LogP contribution in [0, 0.1) is 0 Å². The lowest BCUT2D eigenvalue weighted by Gasteiger charge is -2.30. The molecule has 0 amide bonds. The number of rotatable bonds is 19. The summed E-state index contributed by atoms with van der Waals surface area (Å²) in [7, 11) is -2.59. The van der Waals surface area contributed by atoms with E-state index < -0.39 is 14.5 Å². The van der Waals surface area contributed by atoms with Gasteiger partial charge in [0.15, 0.2) is 0 Å². The van der Waals surface area contributed by atoms with E-state index in [9.17, 15) is 0 Å². The van der Waals surface area contributed by atoms with E-state index >= 15 is 0 Å². The summed E-state index contributed by atoms with van der Waals surface area (Å²) < 4.78 is 13.5. The molecule has 0 aliphatic rings. The molecule has 0 saturated heterocycles. The monoisotopic (exact) mass is 962 g/mol. The Kier molecular flexibility index (Phi) is 19.7. The molecule has 7 rings (SSSR count). The number of methoxy groups -OCH3 is 1. The van der Waals surface area contributed by atoms with Crippen LogP contribution in [0.25, 0.3) is 0 Å². The molecule has 7 aromatic carbocycles. The molecule has 0 unspecified atom stereocenters. The zero-order chi connectivity index (χ0) is 39.2. The first-order chi connectivity index (χ1) is 28.2. The molecule has 0 spiro atoms. The molecule has 0 aliphatic carbocycles. The Morgan fingerprint density at radius 1 is 0.383 bits per heavy atom. The Morgan fingerprint density at radius 2 is 0.667 bits per heavy atom. The Hall–Kier alpha value is -4.08. The van der Waals surface area contributed by atoms with Crippen molar-refractivity contribution in [2.45, 2.75) is 57.8 Å². The maximum Gasteiger partial charge on any atom is 0.126 e. The number of halogens is 2. The van der Waals surface area contributed by atoms with E-state index in [0.717, 1.165) is 30.2 Å². The Morgan fingerprint density at radius 3 is 0.983 bits per heavy atom. The quantitative estimate of drug-likeness (QED) is 0.0880. The molecule has 7 aromatic rings. The largest absolute Gasteiger partial charge is 1.00 e. The van der Waals surface area contributed by atoms with Crippen LogP contribution in [-0.4, -0.2) is 19.2 Å². The van der Waals surface area contributed by atoms with Gasteiger partial charge in [0.25, 0.3) is 0 Å². The molecule has 0 saturated carbocycles. The van der Waals surface area contributed by atoms with Crippen molar-refractivity contribution in [3.63, 3.8) is 0 Å². The minimum absolute atomic E-state index is 0. The molecule has 0 aromatic heterocycles. The van der Waals surface area contributed by atoms with Gasteiger partial charge in [-0.2, -0.15) is 0 Å². The summed E-state index contributed by atoms with van der Waals surface area (Å²) in [5, 5.41) is 8.12. The van der Waals surface area contributed by atoms with E-state index in [1.807, 2.05) is 7.11 Å². The number of unbranched alkanes of at least 4 members (excludes halogenated alkanes) is 5. The first kappa shape index (κ1) is 48.6. The molecular formula is C53H58Br2O3P2. The van der Waals surface area contributed by atoms with E-state index in [1.165, 1.54) is 75.1 Å². The molecule has 60 heavy (non-hydrogen) atoms. The predicted octanol–water partition coefficient (Wildman–Crippen LogP) is 4.61. The van der Waals surface area contributed by atoms with Crippen molar-refractivity contribution < 1.29 is 48.9 Å².